The lowest BCUT2D eigenvalue weighted by molar-refractivity contribution is -0.137. The highest BCUT2D eigenvalue weighted by atomic mass is 19.4. The van der Waals surface area contributed by atoms with Crippen molar-refractivity contribution in [1.29, 1.82) is 0 Å². The van der Waals surface area contributed by atoms with E-state index in [1.54, 1.807) is 37.0 Å². The molecule has 39 heavy (non-hydrogen) atoms. The second kappa shape index (κ2) is 12.0. The zero-order valence-corrected chi connectivity index (χ0v) is 21.3. The predicted octanol–water partition coefficient (Wildman–Crippen LogP) is 5.28. The molecular weight excluding hydrogens is 513 g/mol. The number of halogens is 3. The number of hydrogen-bond donors (Lipinski definition) is 2. The van der Waals surface area contributed by atoms with E-state index in [2.05, 4.69) is 15.6 Å². The summed E-state index contributed by atoms with van der Waals surface area (Å²) in [4.78, 5) is 30.2. The standard InChI is InChI=1S/C28H27F3N4O4/c1-38-13-5-12-35-24-11-10-20(25(36)32-17-18-6-3-9-22(14-18)39-2)16-23(24)33-27(35)34-26(37)19-7-4-8-21(15-19)28(29,30)31/h3-4,6-11,14-16H,5,12-13,17H2,1-2H3,(H,32,36)(H,33,34,37). The maximum atomic E-state index is 13.1. The average Bonchev–Trinajstić information content (AvgIpc) is 3.27. The Balaban J connectivity index is 1.58. The van der Waals surface area contributed by atoms with E-state index in [4.69, 9.17) is 9.47 Å². The second-order valence-electron chi connectivity index (χ2n) is 8.70. The molecule has 0 aliphatic carbocycles. The van der Waals surface area contributed by atoms with Gasteiger partial charge in [0.1, 0.15) is 5.75 Å². The highest BCUT2D eigenvalue weighted by Gasteiger charge is 2.31. The minimum Gasteiger partial charge on any atom is -0.497 e. The molecule has 2 N–H and O–H groups in total. The summed E-state index contributed by atoms with van der Waals surface area (Å²) in [6.45, 7) is 1.16. The molecule has 8 nitrogen and oxygen atoms in total. The Bertz CT molecular complexity index is 1480. The summed E-state index contributed by atoms with van der Waals surface area (Å²) in [6.07, 6.45) is -3.98. The molecule has 1 aromatic heterocycles. The van der Waals surface area contributed by atoms with Gasteiger partial charge in [-0.1, -0.05) is 18.2 Å². The lowest BCUT2D eigenvalue weighted by Crippen LogP contribution is -2.22. The van der Waals surface area contributed by atoms with Crippen LogP contribution in [0.3, 0.4) is 0 Å². The van der Waals surface area contributed by atoms with Crippen LogP contribution in [0.1, 0.15) is 38.3 Å². The van der Waals surface area contributed by atoms with Crippen LogP contribution in [0.25, 0.3) is 11.0 Å². The van der Waals surface area contributed by atoms with Crippen LogP contribution in [0.5, 0.6) is 5.75 Å². The van der Waals surface area contributed by atoms with E-state index < -0.39 is 17.6 Å². The van der Waals surface area contributed by atoms with Gasteiger partial charge >= 0.3 is 6.18 Å². The van der Waals surface area contributed by atoms with Crippen molar-refractivity contribution in [2.75, 3.05) is 26.1 Å². The number of carbonyl (C=O) groups is 2. The first-order valence-corrected chi connectivity index (χ1v) is 12.1. The monoisotopic (exact) mass is 540 g/mol. The Kier molecular flexibility index (Phi) is 8.50. The first kappa shape index (κ1) is 27.6. The van der Waals surface area contributed by atoms with Crippen LogP contribution in [0.15, 0.2) is 66.7 Å². The number of aryl methyl sites for hydroxylation is 1. The molecule has 0 spiro atoms. The smallest absolute Gasteiger partial charge is 0.416 e. The maximum absolute atomic E-state index is 13.1. The van der Waals surface area contributed by atoms with Crippen LogP contribution in [0.4, 0.5) is 19.1 Å². The van der Waals surface area contributed by atoms with Crippen molar-refractivity contribution in [2.45, 2.75) is 25.7 Å². The topological polar surface area (TPSA) is 94.5 Å². The van der Waals surface area contributed by atoms with E-state index in [-0.39, 0.29) is 24.0 Å². The van der Waals surface area contributed by atoms with Gasteiger partial charge in [0, 0.05) is 37.9 Å². The van der Waals surface area contributed by atoms with Gasteiger partial charge < -0.3 is 19.4 Å². The number of rotatable bonds is 10. The van der Waals surface area contributed by atoms with Gasteiger partial charge in [-0.3, -0.25) is 14.9 Å². The molecule has 3 aromatic carbocycles. The largest absolute Gasteiger partial charge is 0.497 e. The van der Waals surface area contributed by atoms with Crippen LogP contribution in [0.2, 0.25) is 0 Å². The lowest BCUT2D eigenvalue weighted by Gasteiger charge is -2.11. The normalized spacial score (nSPS) is 11.4. The van der Waals surface area contributed by atoms with Gasteiger partial charge in [-0.15, -0.1) is 0 Å². The molecule has 0 atom stereocenters. The Morgan fingerprint density at radius 3 is 2.46 bits per heavy atom. The highest BCUT2D eigenvalue weighted by Crippen LogP contribution is 2.30. The number of alkyl halides is 3. The Labute approximate surface area is 222 Å². The summed E-state index contributed by atoms with van der Waals surface area (Å²) in [5, 5.41) is 5.48. The molecule has 0 bridgehead atoms. The number of benzene rings is 3. The molecule has 0 saturated carbocycles. The molecule has 204 valence electrons. The van der Waals surface area contributed by atoms with Crippen molar-refractivity contribution in [3.63, 3.8) is 0 Å². The van der Waals surface area contributed by atoms with E-state index in [9.17, 15) is 22.8 Å². The van der Waals surface area contributed by atoms with E-state index in [1.165, 1.54) is 12.1 Å². The van der Waals surface area contributed by atoms with Gasteiger partial charge in [0.15, 0.2) is 0 Å². The van der Waals surface area contributed by atoms with Crippen LogP contribution in [-0.4, -0.2) is 42.2 Å². The number of ether oxygens (including phenoxy) is 2. The fourth-order valence-electron chi connectivity index (χ4n) is 4.04. The van der Waals surface area contributed by atoms with E-state index in [0.717, 1.165) is 17.7 Å². The minimum atomic E-state index is -4.58. The lowest BCUT2D eigenvalue weighted by atomic mass is 10.1. The van der Waals surface area contributed by atoms with Crippen LogP contribution in [0, 0.1) is 0 Å². The van der Waals surface area contributed by atoms with Crippen LogP contribution < -0.4 is 15.4 Å². The fraction of sp³-hybridized carbons (Fsp3) is 0.250. The summed E-state index contributed by atoms with van der Waals surface area (Å²) < 4.78 is 51.4. The fourth-order valence-corrected chi connectivity index (χ4v) is 4.04. The third-order valence-electron chi connectivity index (χ3n) is 6.01. The van der Waals surface area contributed by atoms with E-state index in [0.29, 0.717) is 41.9 Å². The van der Waals surface area contributed by atoms with Gasteiger partial charge in [0.05, 0.1) is 23.7 Å². The molecular formula is C28H27F3N4O4. The molecule has 4 rings (SSSR count). The summed E-state index contributed by atoms with van der Waals surface area (Å²) in [7, 11) is 3.14. The molecule has 0 aliphatic rings. The van der Waals surface area contributed by atoms with Crippen molar-refractivity contribution >= 4 is 28.8 Å². The first-order valence-electron chi connectivity index (χ1n) is 12.1. The van der Waals surface area contributed by atoms with E-state index in [1.807, 2.05) is 24.3 Å². The molecule has 2 amide bonds. The Hall–Kier alpha value is -4.38. The summed E-state index contributed by atoms with van der Waals surface area (Å²) in [5.74, 6) is -0.219. The number of amides is 2. The number of methoxy groups -OCH3 is 2. The summed E-state index contributed by atoms with van der Waals surface area (Å²) in [5.41, 5.74) is 1.25. The second-order valence-corrected chi connectivity index (χ2v) is 8.70. The molecule has 11 heteroatoms. The van der Waals surface area contributed by atoms with Gasteiger partial charge in [0.25, 0.3) is 11.8 Å². The molecule has 0 saturated heterocycles. The summed E-state index contributed by atoms with van der Waals surface area (Å²) >= 11 is 0. The van der Waals surface area contributed by atoms with Gasteiger partial charge in [0.2, 0.25) is 5.95 Å². The zero-order valence-electron chi connectivity index (χ0n) is 21.3. The number of nitrogens with zero attached hydrogens (tertiary/aromatic N) is 2. The number of carbonyl (C=O) groups excluding carboxylic acids is 2. The average molecular weight is 541 g/mol. The van der Waals surface area contributed by atoms with E-state index >= 15 is 0 Å². The number of nitrogens with one attached hydrogen (secondary N) is 2. The maximum Gasteiger partial charge on any atom is 0.416 e. The quantitative estimate of drug-likeness (QED) is 0.267. The Morgan fingerprint density at radius 1 is 0.949 bits per heavy atom. The number of fused-ring (bicyclic) bond motifs is 1. The molecule has 4 aromatic rings. The summed E-state index contributed by atoms with van der Waals surface area (Å²) in [6, 6.07) is 16.5. The third-order valence-corrected chi connectivity index (χ3v) is 6.01. The van der Waals surface area contributed by atoms with Crippen LogP contribution in [-0.2, 0) is 24.0 Å². The molecule has 0 unspecified atom stereocenters. The number of anilines is 1. The van der Waals surface area contributed by atoms with Crippen molar-refractivity contribution in [3.05, 3.63) is 89.0 Å². The molecule has 0 fully saturated rings. The zero-order chi connectivity index (χ0) is 28.0. The van der Waals surface area contributed by atoms with Crippen molar-refractivity contribution in [3.8, 4) is 5.75 Å². The SMILES string of the molecule is COCCCn1c(NC(=O)c2cccc(C(F)(F)F)c2)nc2cc(C(=O)NCc3cccc(OC)c3)ccc21. The first-order chi connectivity index (χ1) is 18.7. The van der Waals surface area contributed by atoms with Gasteiger partial charge in [-0.2, -0.15) is 13.2 Å². The molecule has 0 radical (unpaired) electrons. The molecule has 1 heterocycles. The third kappa shape index (κ3) is 6.74. The molecule has 0 aliphatic heterocycles. The number of aromatic nitrogens is 2. The van der Waals surface area contributed by atoms with Gasteiger partial charge in [-0.25, -0.2) is 4.98 Å². The Morgan fingerprint density at radius 2 is 1.72 bits per heavy atom. The van der Waals surface area contributed by atoms with Crippen LogP contribution >= 0.6 is 0 Å². The van der Waals surface area contributed by atoms with Crippen molar-refractivity contribution < 1.29 is 32.2 Å². The minimum absolute atomic E-state index is 0.150. The van der Waals surface area contributed by atoms with Crippen molar-refractivity contribution in [2.24, 2.45) is 0 Å². The van der Waals surface area contributed by atoms with Gasteiger partial charge in [-0.05, 0) is 60.5 Å². The highest BCUT2D eigenvalue weighted by molar-refractivity contribution is 6.04. The predicted molar refractivity (Wildman–Crippen MR) is 140 cm³/mol. The number of imidazole rings is 1. The van der Waals surface area contributed by atoms with Crippen molar-refractivity contribution in [1.82, 2.24) is 14.9 Å². The number of hydrogen-bond acceptors (Lipinski definition) is 5.